The van der Waals surface area contributed by atoms with Crippen molar-refractivity contribution in [3.05, 3.63) is 29.8 Å². The third kappa shape index (κ3) is 4.36. The lowest BCUT2D eigenvalue weighted by molar-refractivity contribution is -0.142. The van der Waals surface area contributed by atoms with Crippen molar-refractivity contribution in [2.45, 2.75) is 13.3 Å². The number of benzene rings is 1. The summed E-state index contributed by atoms with van der Waals surface area (Å²) in [6, 6.07) is 1.39. The number of hydrogen-bond acceptors (Lipinski definition) is 8. The van der Waals surface area contributed by atoms with Gasteiger partial charge in [0.15, 0.2) is 13.4 Å². The Hall–Kier alpha value is -2.87. The minimum atomic E-state index is -0.595. The van der Waals surface area contributed by atoms with Gasteiger partial charge >= 0.3 is 11.9 Å². The van der Waals surface area contributed by atoms with Crippen molar-refractivity contribution < 1.29 is 38.1 Å². The number of methoxy groups -OCH3 is 1. The summed E-state index contributed by atoms with van der Waals surface area (Å²) in [5.41, 5.74) is 0.387. The minimum absolute atomic E-state index is 0.0307. The maximum absolute atomic E-state index is 12.1. The summed E-state index contributed by atoms with van der Waals surface area (Å²) in [4.78, 5) is 35.5. The van der Waals surface area contributed by atoms with Gasteiger partial charge < -0.3 is 23.7 Å². The molecule has 0 N–H and O–H groups in total. The predicted octanol–water partition coefficient (Wildman–Crippen LogP) is 1.44. The molecule has 8 heteroatoms. The zero-order chi connectivity index (χ0) is 18.4. The topological polar surface area (TPSA) is 97.4 Å². The molecule has 8 nitrogen and oxygen atoms in total. The van der Waals surface area contributed by atoms with Gasteiger partial charge in [-0.15, -0.1) is 0 Å². The van der Waals surface area contributed by atoms with Gasteiger partial charge in [0.2, 0.25) is 5.78 Å². The molecule has 0 saturated heterocycles. The second-order valence-corrected chi connectivity index (χ2v) is 5.06. The Morgan fingerprint density at radius 2 is 2.16 bits per heavy atom. The average molecular weight is 350 g/mol. The van der Waals surface area contributed by atoms with E-state index in [2.05, 4.69) is 6.58 Å². The molecular weight excluding hydrogens is 332 g/mol. The fourth-order valence-electron chi connectivity index (χ4n) is 2.28. The van der Waals surface area contributed by atoms with E-state index in [0.29, 0.717) is 0 Å². The number of carbonyl (C=O) groups is 3. The quantitative estimate of drug-likeness (QED) is 0.301. The van der Waals surface area contributed by atoms with E-state index in [1.165, 1.54) is 26.2 Å². The second-order valence-electron chi connectivity index (χ2n) is 5.06. The molecule has 134 valence electrons. The summed E-state index contributed by atoms with van der Waals surface area (Å²) in [6.07, 6.45) is 1.16. The minimum Gasteiger partial charge on any atom is -0.484 e. The first-order chi connectivity index (χ1) is 12.0. The first kappa shape index (κ1) is 18.5. The van der Waals surface area contributed by atoms with Crippen LogP contribution in [0.1, 0.15) is 22.8 Å². The number of Topliss-reactive ketones (excluding diaryl/α,β-unsaturated/α-hetero) is 1. The molecule has 0 aliphatic carbocycles. The molecule has 1 aromatic rings. The van der Waals surface area contributed by atoms with Crippen LogP contribution in [0, 0.1) is 0 Å². The molecule has 1 heterocycles. The molecule has 2 rings (SSSR count). The number of rotatable bonds is 8. The van der Waals surface area contributed by atoms with Crippen LogP contribution in [0.5, 0.6) is 17.2 Å². The molecule has 0 bridgehead atoms. The predicted molar refractivity (Wildman–Crippen MR) is 84.9 cm³/mol. The third-order valence-corrected chi connectivity index (χ3v) is 3.20. The summed E-state index contributed by atoms with van der Waals surface area (Å²) in [5.74, 6) is -1.15. The molecule has 0 radical (unpaired) electrons. The van der Waals surface area contributed by atoms with Gasteiger partial charge in [0.05, 0.1) is 6.42 Å². The Labute approximate surface area is 144 Å². The maximum atomic E-state index is 12.1. The largest absolute Gasteiger partial charge is 0.484 e. The fraction of sp³-hybridized carbons (Fsp3) is 0.353. The average Bonchev–Trinajstić information content (AvgIpc) is 2.92. The summed E-state index contributed by atoms with van der Waals surface area (Å²) in [7, 11) is 1.41. The van der Waals surface area contributed by atoms with E-state index in [1.807, 2.05) is 0 Å². The van der Waals surface area contributed by atoms with Gasteiger partial charge in [-0.25, -0.2) is 0 Å². The van der Waals surface area contributed by atoms with E-state index >= 15 is 0 Å². The number of carbonyl (C=O) groups excluding carboxylic acids is 3. The van der Waals surface area contributed by atoms with Crippen molar-refractivity contribution in [2.24, 2.45) is 0 Å². The molecular formula is C17H18O8. The number of esters is 2. The van der Waals surface area contributed by atoms with Crippen LogP contribution in [0.15, 0.2) is 18.7 Å². The number of hydrogen-bond donors (Lipinski definition) is 0. The Morgan fingerprint density at radius 1 is 1.40 bits per heavy atom. The highest BCUT2D eigenvalue weighted by atomic mass is 16.7. The third-order valence-electron chi connectivity index (χ3n) is 3.20. The Kier molecular flexibility index (Phi) is 6.13. The van der Waals surface area contributed by atoms with Crippen molar-refractivity contribution in [3.63, 3.8) is 0 Å². The monoisotopic (exact) mass is 350 g/mol. The molecule has 0 saturated carbocycles. The first-order valence-electron chi connectivity index (χ1n) is 7.40. The van der Waals surface area contributed by atoms with Crippen LogP contribution in [0.25, 0.3) is 0 Å². The molecule has 1 aliphatic heterocycles. The number of ether oxygens (including phenoxy) is 5. The smallest absolute Gasteiger partial charge is 0.310 e. The standard InChI is InChI=1S/C17H18O8/c1-4-5-22-15(20)6-11-13(25-10(2)18)7-14-16(12(19)8-23-14)17(11)24-9-21-3/h4,7H,1,5-6,8-9H2,2-3H3. The molecule has 0 aromatic heterocycles. The molecule has 0 unspecified atom stereocenters. The molecule has 1 aromatic carbocycles. The van der Waals surface area contributed by atoms with Crippen LogP contribution < -0.4 is 14.2 Å². The van der Waals surface area contributed by atoms with Gasteiger partial charge in [-0.2, -0.15) is 0 Å². The lowest BCUT2D eigenvalue weighted by Crippen LogP contribution is -2.14. The van der Waals surface area contributed by atoms with Gasteiger partial charge in [0, 0.05) is 25.7 Å². The SMILES string of the molecule is C=CCOC(=O)Cc1c(OC(C)=O)cc2c(c1OCOC)C(=O)CO2. The summed E-state index contributed by atoms with van der Waals surface area (Å²) in [6.45, 7) is 4.38. The normalized spacial score (nSPS) is 12.2. The van der Waals surface area contributed by atoms with E-state index < -0.39 is 11.9 Å². The van der Waals surface area contributed by atoms with Crippen molar-refractivity contribution in [3.8, 4) is 17.2 Å². The van der Waals surface area contributed by atoms with Crippen molar-refractivity contribution in [1.29, 1.82) is 0 Å². The highest BCUT2D eigenvalue weighted by Gasteiger charge is 2.32. The maximum Gasteiger partial charge on any atom is 0.310 e. The van der Waals surface area contributed by atoms with Crippen LogP contribution in [0.2, 0.25) is 0 Å². The van der Waals surface area contributed by atoms with E-state index in [4.69, 9.17) is 23.7 Å². The molecule has 0 atom stereocenters. The molecule has 1 aliphatic rings. The van der Waals surface area contributed by atoms with Gasteiger partial charge in [-0.3, -0.25) is 14.4 Å². The zero-order valence-corrected chi connectivity index (χ0v) is 14.0. The van der Waals surface area contributed by atoms with Crippen LogP contribution in [-0.2, 0) is 25.5 Å². The summed E-state index contributed by atoms with van der Waals surface area (Å²) < 4.78 is 25.8. The number of fused-ring (bicyclic) bond motifs is 1. The van der Waals surface area contributed by atoms with E-state index in [0.717, 1.165) is 0 Å². The van der Waals surface area contributed by atoms with Crippen molar-refractivity contribution in [1.82, 2.24) is 0 Å². The van der Waals surface area contributed by atoms with Gasteiger partial charge in [0.1, 0.15) is 29.4 Å². The highest BCUT2D eigenvalue weighted by molar-refractivity contribution is 6.05. The lowest BCUT2D eigenvalue weighted by atomic mass is 10.0. The second kappa shape index (κ2) is 8.29. The first-order valence-corrected chi connectivity index (χ1v) is 7.40. The van der Waals surface area contributed by atoms with E-state index in [-0.39, 0.29) is 60.6 Å². The van der Waals surface area contributed by atoms with E-state index in [1.54, 1.807) is 0 Å². The van der Waals surface area contributed by atoms with Crippen LogP contribution in [-0.4, -0.2) is 44.8 Å². The van der Waals surface area contributed by atoms with Gasteiger partial charge in [-0.05, 0) is 0 Å². The molecule has 0 spiro atoms. The Bertz CT molecular complexity index is 707. The Morgan fingerprint density at radius 3 is 2.80 bits per heavy atom. The fourth-order valence-corrected chi connectivity index (χ4v) is 2.28. The molecule has 0 fully saturated rings. The van der Waals surface area contributed by atoms with Gasteiger partial charge in [-0.1, -0.05) is 12.7 Å². The Balaban J connectivity index is 2.51. The van der Waals surface area contributed by atoms with Gasteiger partial charge in [0.25, 0.3) is 0 Å². The van der Waals surface area contributed by atoms with Crippen LogP contribution in [0.4, 0.5) is 0 Å². The van der Waals surface area contributed by atoms with Crippen LogP contribution in [0.3, 0.4) is 0 Å². The molecule has 25 heavy (non-hydrogen) atoms. The van der Waals surface area contributed by atoms with Crippen molar-refractivity contribution >= 4 is 17.7 Å². The lowest BCUT2D eigenvalue weighted by Gasteiger charge is -2.17. The zero-order valence-electron chi connectivity index (χ0n) is 14.0. The van der Waals surface area contributed by atoms with Crippen molar-refractivity contribution in [2.75, 3.05) is 27.1 Å². The highest BCUT2D eigenvalue weighted by Crippen LogP contribution is 2.42. The summed E-state index contributed by atoms with van der Waals surface area (Å²) >= 11 is 0. The molecule has 0 amide bonds. The van der Waals surface area contributed by atoms with Crippen LogP contribution >= 0.6 is 0 Å². The number of ketones is 1. The summed E-state index contributed by atoms with van der Waals surface area (Å²) in [5, 5.41) is 0. The van der Waals surface area contributed by atoms with E-state index in [9.17, 15) is 14.4 Å².